The van der Waals surface area contributed by atoms with Crippen molar-refractivity contribution < 1.29 is 13.2 Å². The third-order valence-electron chi connectivity index (χ3n) is 2.48. The zero-order valence-corrected chi connectivity index (χ0v) is 14.0. The Morgan fingerprint density at radius 1 is 1.33 bits per heavy atom. The van der Waals surface area contributed by atoms with Crippen LogP contribution in [0.5, 0.6) is 0 Å². The van der Waals surface area contributed by atoms with Crippen LogP contribution < -0.4 is 4.72 Å². The van der Waals surface area contributed by atoms with E-state index in [-0.39, 0.29) is 0 Å². The second kappa shape index (κ2) is 6.04. The quantitative estimate of drug-likeness (QED) is 0.723. The molecule has 0 aliphatic carbocycles. The first-order valence-electron chi connectivity index (χ1n) is 5.30. The Kier molecular flexibility index (Phi) is 4.86. The Balaban J connectivity index is 2.13. The number of hydrogen-bond acceptors (Lipinski definition) is 3. The molecule has 0 amide bonds. The van der Waals surface area contributed by atoms with Gasteiger partial charge >= 0.3 is 10.2 Å². The molecule has 0 aromatic heterocycles. The van der Waals surface area contributed by atoms with Crippen LogP contribution in [0.15, 0.2) is 22.7 Å². The van der Waals surface area contributed by atoms with Gasteiger partial charge in [-0.05, 0) is 56.7 Å². The van der Waals surface area contributed by atoms with E-state index >= 15 is 0 Å². The molecule has 0 bridgehead atoms. The number of nitrogens with one attached hydrogen (secondary N) is 1. The van der Waals surface area contributed by atoms with Crippen LogP contribution in [0, 0.1) is 3.57 Å². The van der Waals surface area contributed by atoms with Crippen molar-refractivity contribution in [1.29, 1.82) is 0 Å². The molecule has 0 unspecified atom stereocenters. The van der Waals surface area contributed by atoms with Crippen molar-refractivity contribution in [1.82, 2.24) is 4.31 Å². The average Bonchev–Trinajstić information content (AvgIpc) is 2.35. The molecule has 1 aromatic carbocycles. The fourth-order valence-corrected chi connectivity index (χ4v) is 3.51. The average molecular weight is 447 g/mol. The van der Waals surface area contributed by atoms with Crippen molar-refractivity contribution in [3.63, 3.8) is 0 Å². The van der Waals surface area contributed by atoms with E-state index in [0.717, 1.165) is 8.04 Å². The summed E-state index contributed by atoms with van der Waals surface area (Å²) in [7, 11) is -3.48. The van der Waals surface area contributed by atoms with Gasteiger partial charge in [-0.25, -0.2) is 0 Å². The van der Waals surface area contributed by atoms with Crippen LogP contribution in [0.2, 0.25) is 0 Å². The van der Waals surface area contributed by atoms with Gasteiger partial charge in [-0.15, -0.1) is 0 Å². The van der Waals surface area contributed by atoms with Crippen molar-refractivity contribution >= 4 is 54.4 Å². The molecule has 2 rings (SSSR count). The summed E-state index contributed by atoms with van der Waals surface area (Å²) in [5.74, 6) is 0. The van der Waals surface area contributed by atoms with Crippen LogP contribution in [-0.2, 0) is 14.9 Å². The number of morpholine rings is 1. The topological polar surface area (TPSA) is 58.6 Å². The highest BCUT2D eigenvalue weighted by atomic mass is 127. The molecule has 1 aliphatic heterocycles. The molecular weight excluding hydrogens is 435 g/mol. The fraction of sp³-hybridized carbons (Fsp3) is 0.400. The van der Waals surface area contributed by atoms with Gasteiger partial charge in [0.05, 0.1) is 18.9 Å². The number of halogens is 2. The summed E-state index contributed by atoms with van der Waals surface area (Å²) in [6.07, 6.45) is 0. The van der Waals surface area contributed by atoms with Crippen LogP contribution >= 0.6 is 38.5 Å². The monoisotopic (exact) mass is 446 g/mol. The van der Waals surface area contributed by atoms with E-state index in [9.17, 15) is 8.42 Å². The number of ether oxygens (including phenoxy) is 1. The zero-order chi connectivity index (χ0) is 13.2. The van der Waals surface area contributed by atoms with Crippen molar-refractivity contribution in [3.8, 4) is 0 Å². The zero-order valence-electron chi connectivity index (χ0n) is 9.40. The first kappa shape index (κ1) is 14.5. The third-order valence-corrected chi connectivity index (χ3v) is 6.34. The number of rotatable bonds is 3. The van der Waals surface area contributed by atoms with Gasteiger partial charge < -0.3 is 4.74 Å². The van der Waals surface area contributed by atoms with Gasteiger partial charge in [0, 0.05) is 21.1 Å². The fourth-order valence-electron chi connectivity index (χ4n) is 1.56. The Morgan fingerprint density at radius 3 is 2.61 bits per heavy atom. The van der Waals surface area contributed by atoms with E-state index in [2.05, 4.69) is 43.2 Å². The first-order chi connectivity index (χ1) is 8.49. The molecule has 1 fully saturated rings. The second-order valence-electron chi connectivity index (χ2n) is 3.75. The van der Waals surface area contributed by atoms with Crippen molar-refractivity contribution in [2.75, 3.05) is 31.0 Å². The van der Waals surface area contributed by atoms with Gasteiger partial charge in [-0.2, -0.15) is 12.7 Å². The molecule has 0 saturated carbocycles. The highest BCUT2D eigenvalue weighted by Gasteiger charge is 2.24. The Hall–Kier alpha value is 0.1000. The standard InChI is InChI=1S/C10H12BrIN2O3S/c11-9-2-1-8(7-10(9)12)13-18(15,16)14-3-5-17-6-4-14/h1-2,7,13H,3-6H2. The maximum absolute atomic E-state index is 12.1. The summed E-state index contributed by atoms with van der Waals surface area (Å²) in [6, 6.07) is 5.33. The maximum Gasteiger partial charge on any atom is 0.301 e. The van der Waals surface area contributed by atoms with Crippen LogP contribution in [0.4, 0.5) is 5.69 Å². The van der Waals surface area contributed by atoms with Crippen LogP contribution in [0.3, 0.4) is 0 Å². The molecule has 100 valence electrons. The van der Waals surface area contributed by atoms with Gasteiger partial charge in [0.2, 0.25) is 0 Å². The minimum Gasteiger partial charge on any atom is -0.379 e. The number of hydrogen-bond donors (Lipinski definition) is 1. The number of benzene rings is 1. The highest BCUT2D eigenvalue weighted by molar-refractivity contribution is 14.1. The van der Waals surface area contributed by atoms with Crippen molar-refractivity contribution in [2.24, 2.45) is 0 Å². The summed E-state index contributed by atoms with van der Waals surface area (Å²) in [4.78, 5) is 0. The Labute approximate surface area is 128 Å². The second-order valence-corrected chi connectivity index (χ2v) is 7.43. The molecular formula is C10H12BrIN2O3S. The molecule has 8 heteroatoms. The smallest absolute Gasteiger partial charge is 0.301 e. The lowest BCUT2D eigenvalue weighted by atomic mass is 10.3. The Morgan fingerprint density at radius 2 is 2.00 bits per heavy atom. The molecule has 18 heavy (non-hydrogen) atoms. The lowest BCUT2D eigenvalue weighted by molar-refractivity contribution is 0.0733. The molecule has 1 aromatic rings. The summed E-state index contributed by atoms with van der Waals surface area (Å²) in [6.45, 7) is 1.67. The SMILES string of the molecule is O=S(=O)(Nc1ccc(Br)c(I)c1)N1CCOCC1. The molecule has 1 aliphatic rings. The number of nitrogens with zero attached hydrogens (tertiary/aromatic N) is 1. The molecule has 1 N–H and O–H groups in total. The van der Waals surface area contributed by atoms with E-state index in [0.29, 0.717) is 32.0 Å². The van der Waals surface area contributed by atoms with Crippen LogP contribution in [0.25, 0.3) is 0 Å². The van der Waals surface area contributed by atoms with Crippen LogP contribution in [-0.4, -0.2) is 39.0 Å². The summed E-state index contributed by atoms with van der Waals surface area (Å²) >= 11 is 5.51. The summed E-state index contributed by atoms with van der Waals surface area (Å²) in [5.41, 5.74) is 0.564. The predicted octanol–water partition coefficient (Wildman–Crippen LogP) is 2.04. The summed E-state index contributed by atoms with van der Waals surface area (Å²) < 4.78 is 35.2. The third kappa shape index (κ3) is 3.56. The van der Waals surface area contributed by atoms with Crippen molar-refractivity contribution in [2.45, 2.75) is 0 Å². The van der Waals surface area contributed by atoms with E-state index in [1.165, 1.54) is 4.31 Å². The molecule has 1 saturated heterocycles. The molecule has 0 radical (unpaired) electrons. The normalized spacial score (nSPS) is 17.7. The first-order valence-corrected chi connectivity index (χ1v) is 8.61. The lowest BCUT2D eigenvalue weighted by Gasteiger charge is -2.26. The van der Waals surface area contributed by atoms with E-state index < -0.39 is 10.2 Å². The molecule has 0 atom stereocenters. The summed E-state index contributed by atoms with van der Waals surface area (Å²) in [5, 5.41) is 0. The van der Waals surface area contributed by atoms with Crippen LogP contribution in [0.1, 0.15) is 0 Å². The van der Waals surface area contributed by atoms with Gasteiger partial charge in [-0.3, -0.25) is 4.72 Å². The molecule has 5 nitrogen and oxygen atoms in total. The predicted molar refractivity (Wildman–Crippen MR) is 81.8 cm³/mol. The van der Waals surface area contributed by atoms with E-state index in [4.69, 9.17) is 4.74 Å². The Bertz CT molecular complexity index is 532. The van der Waals surface area contributed by atoms with Gasteiger partial charge in [0.15, 0.2) is 0 Å². The van der Waals surface area contributed by atoms with Crippen molar-refractivity contribution in [3.05, 3.63) is 26.2 Å². The van der Waals surface area contributed by atoms with E-state index in [1.54, 1.807) is 12.1 Å². The molecule has 0 spiro atoms. The van der Waals surface area contributed by atoms with Gasteiger partial charge in [0.25, 0.3) is 0 Å². The maximum atomic E-state index is 12.1. The number of anilines is 1. The lowest BCUT2D eigenvalue weighted by Crippen LogP contribution is -2.43. The highest BCUT2D eigenvalue weighted by Crippen LogP contribution is 2.23. The van der Waals surface area contributed by atoms with Gasteiger partial charge in [-0.1, -0.05) is 0 Å². The largest absolute Gasteiger partial charge is 0.379 e. The van der Waals surface area contributed by atoms with E-state index in [1.807, 2.05) is 6.07 Å². The van der Waals surface area contributed by atoms with Gasteiger partial charge in [0.1, 0.15) is 0 Å². The minimum atomic E-state index is -3.48. The minimum absolute atomic E-state index is 0.392. The molecule has 1 heterocycles.